The first-order valence-electron chi connectivity index (χ1n) is 4.12. The summed E-state index contributed by atoms with van der Waals surface area (Å²) >= 11 is 0. The Bertz CT molecular complexity index is 172. The van der Waals surface area contributed by atoms with Gasteiger partial charge in [-0.15, -0.1) is 0 Å². The molecule has 0 amide bonds. The van der Waals surface area contributed by atoms with Crippen molar-refractivity contribution >= 4 is 5.84 Å². The zero-order valence-electron chi connectivity index (χ0n) is 7.52. The van der Waals surface area contributed by atoms with Gasteiger partial charge in [0, 0.05) is 12.5 Å². The molecule has 1 atom stereocenters. The molecule has 0 aliphatic heterocycles. The van der Waals surface area contributed by atoms with E-state index in [1.54, 1.807) is 0 Å². The lowest BCUT2D eigenvalue weighted by Crippen LogP contribution is -2.33. The van der Waals surface area contributed by atoms with Gasteiger partial charge in [0.15, 0.2) is 0 Å². The van der Waals surface area contributed by atoms with Crippen molar-refractivity contribution in [2.75, 3.05) is 6.54 Å². The molecule has 1 saturated carbocycles. The Balaban J connectivity index is 2.53. The van der Waals surface area contributed by atoms with Gasteiger partial charge in [-0.25, -0.2) is 5.84 Å². The van der Waals surface area contributed by atoms with Crippen molar-refractivity contribution in [2.45, 2.75) is 27.2 Å². The molecule has 0 radical (unpaired) electrons. The lowest BCUT2D eigenvalue weighted by molar-refractivity contribution is 0.614. The van der Waals surface area contributed by atoms with Crippen molar-refractivity contribution in [3.8, 4) is 0 Å². The third kappa shape index (κ3) is 1.71. The molecule has 3 nitrogen and oxygen atoms in total. The first-order chi connectivity index (χ1) is 5.11. The van der Waals surface area contributed by atoms with E-state index < -0.39 is 0 Å². The molecular formula is C8H17N3. The van der Waals surface area contributed by atoms with E-state index in [4.69, 9.17) is 5.84 Å². The molecule has 0 spiro atoms. The van der Waals surface area contributed by atoms with Gasteiger partial charge < -0.3 is 5.43 Å². The van der Waals surface area contributed by atoms with E-state index in [2.05, 4.69) is 24.3 Å². The number of hydrogen-bond acceptors (Lipinski definition) is 2. The van der Waals surface area contributed by atoms with Crippen LogP contribution >= 0.6 is 0 Å². The Morgan fingerprint density at radius 1 is 1.73 bits per heavy atom. The monoisotopic (exact) mass is 155 g/mol. The average Bonchev–Trinajstić information content (AvgIpc) is 2.55. The molecule has 0 saturated heterocycles. The summed E-state index contributed by atoms with van der Waals surface area (Å²) in [4.78, 5) is 4.28. The van der Waals surface area contributed by atoms with Crippen LogP contribution < -0.4 is 11.3 Å². The first-order valence-corrected chi connectivity index (χ1v) is 4.12. The van der Waals surface area contributed by atoms with Crippen LogP contribution in [0.4, 0.5) is 0 Å². The second-order valence-electron chi connectivity index (χ2n) is 3.75. The number of hydrazine groups is 1. The van der Waals surface area contributed by atoms with E-state index in [1.165, 1.54) is 6.42 Å². The third-order valence-corrected chi connectivity index (χ3v) is 2.32. The lowest BCUT2D eigenvalue weighted by atomic mass is 10.1. The van der Waals surface area contributed by atoms with Crippen LogP contribution in [-0.2, 0) is 0 Å². The normalized spacial score (nSPS) is 28.4. The van der Waals surface area contributed by atoms with Crippen LogP contribution in [0.1, 0.15) is 27.2 Å². The number of hydrogen-bond donors (Lipinski definition) is 2. The Labute approximate surface area is 68.0 Å². The molecule has 0 aromatic rings. The van der Waals surface area contributed by atoms with Crippen molar-refractivity contribution < 1.29 is 0 Å². The number of rotatable bonds is 2. The van der Waals surface area contributed by atoms with Crippen molar-refractivity contribution in [1.82, 2.24) is 5.43 Å². The molecule has 1 fully saturated rings. The van der Waals surface area contributed by atoms with Gasteiger partial charge in [-0.1, -0.05) is 13.8 Å². The van der Waals surface area contributed by atoms with E-state index in [0.717, 1.165) is 12.4 Å². The minimum absolute atomic E-state index is 0.417. The Morgan fingerprint density at radius 2 is 2.27 bits per heavy atom. The van der Waals surface area contributed by atoms with Crippen LogP contribution in [0.2, 0.25) is 0 Å². The van der Waals surface area contributed by atoms with Gasteiger partial charge >= 0.3 is 0 Å². The molecule has 11 heavy (non-hydrogen) atoms. The summed E-state index contributed by atoms with van der Waals surface area (Å²) in [5.74, 6) is 6.87. The molecule has 0 aromatic carbocycles. The highest BCUT2D eigenvalue weighted by Crippen LogP contribution is 2.51. The molecule has 3 heteroatoms. The molecule has 1 rings (SSSR count). The van der Waals surface area contributed by atoms with Crippen molar-refractivity contribution in [3.63, 3.8) is 0 Å². The number of amidine groups is 1. The highest BCUT2D eigenvalue weighted by Gasteiger charge is 2.48. The molecule has 1 aliphatic carbocycles. The van der Waals surface area contributed by atoms with Crippen LogP contribution in [0.5, 0.6) is 0 Å². The average molecular weight is 155 g/mol. The standard InChI is InChI=1S/C8H17N3/c1-4-10-7(11-9)6-5-8(6,2)3/h6H,4-5,9H2,1-3H3,(H,10,11). The van der Waals surface area contributed by atoms with Crippen LogP contribution in [0, 0.1) is 11.3 Å². The SMILES string of the molecule is CCN=C(NN)C1CC1(C)C. The topological polar surface area (TPSA) is 50.4 Å². The van der Waals surface area contributed by atoms with E-state index in [9.17, 15) is 0 Å². The molecule has 64 valence electrons. The van der Waals surface area contributed by atoms with Crippen LogP contribution in [0.15, 0.2) is 4.99 Å². The predicted molar refractivity (Wildman–Crippen MR) is 47.2 cm³/mol. The Morgan fingerprint density at radius 3 is 2.55 bits per heavy atom. The summed E-state index contributed by atoms with van der Waals surface area (Å²) in [5, 5.41) is 0. The predicted octanol–water partition coefficient (Wildman–Crippen LogP) is 0.914. The summed E-state index contributed by atoms with van der Waals surface area (Å²) in [7, 11) is 0. The van der Waals surface area contributed by atoms with Crippen LogP contribution in [0.3, 0.4) is 0 Å². The maximum Gasteiger partial charge on any atom is 0.114 e. The van der Waals surface area contributed by atoms with Crippen molar-refractivity contribution in [3.05, 3.63) is 0 Å². The number of nitrogens with one attached hydrogen (secondary N) is 1. The van der Waals surface area contributed by atoms with E-state index in [1.807, 2.05) is 6.92 Å². The minimum atomic E-state index is 0.417. The van der Waals surface area contributed by atoms with E-state index >= 15 is 0 Å². The van der Waals surface area contributed by atoms with E-state index in [0.29, 0.717) is 11.3 Å². The van der Waals surface area contributed by atoms with Gasteiger partial charge in [0.05, 0.1) is 0 Å². The van der Waals surface area contributed by atoms with Gasteiger partial charge in [0.2, 0.25) is 0 Å². The van der Waals surface area contributed by atoms with Gasteiger partial charge in [0.1, 0.15) is 5.84 Å². The fraction of sp³-hybridized carbons (Fsp3) is 0.875. The van der Waals surface area contributed by atoms with Crippen LogP contribution in [0.25, 0.3) is 0 Å². The summed E-state index contributed by atoms with van der Waals surface area (Å²) in [5.41, 5.74) is 3.09. The fourth-order valence-corrected chi connectivity index (χ4v) is 1.36. The molecule has 3 N–H and O–H groups in total. The molecule has 1 unspecified atom stereocenters. The maximum absolute atomic E-state index is 5.34. The number of aliphatic imine (C=N–C) groups is 1. The highest BCUT2D eigenvalue weighted by atomic mass is 15.3. The van der Waals surface area contributed by atoms with Crippen LogP contribution in [-0.4, -0.2) is 12.4 Å². The Hall–Kier alpha value is -0.570. The lowest BCUT2D eigenvalue weighted by Gasteiger charge is -2.06. The zero-order valence-corrected chi connectivity index (χ0v) is 7.52. The summed E-state index contributed by atoms with van der Waals surface area (Å²) in [6.45, 7) is 7.30. The second kappa shape index (κ2) is 2.81. The maximum atomic E-state index is 5.34. The highest BCUT2D eigenvalue weighted by molar-refractivity contribution is 5.87. The van der Waals surface area contributed by atoms with Gasteiger partial charge in [-0.3, -0.25) is 4.99 Å². The molecular weight excluding hydrogens is 138 g/mol. The molecule has 1 aliphatic rings. The van der Waals surface area contributed by atoms with Gasteiger partial charge in [-0.2, -0.15) is 0 Å². The summed E-state index contributed by atoms with van der Waals surface area (Å²) in [6, 6.07) is 0. The second-order valence-corrected chi connectivity index (χ2v) is 3.75. The molecule has 0 heterocycles. The largest absolute Gasteiger partial charge is 0.312 e. The zero-order chi connectivity index (χ0) is 8.48. The molecule has 0 bridgehead atoms. The van der Waals surface area contributed by atoms with Crippen molar-refractivity contribution in [2.24, 2.45) is 22.2 Å². The minimum Gasteiger partial charge on any atom is -0.312 e. The van der Waals surface area contributed by atoms with Gasteiger partial charge in [-0.05, 0) is 18.8 Å². The number of nitrogens with two attached hydrogens (primary N) is 1. The Kier molecular flexibility index (Phi) is 2.18. The molecule has 0 aromatic heterocycles. The van der Waals surface area contributed by atoms with Crippen molar-refractivity contribution in [1.29, 1.82) is 0 Å². The fourth-order valence-electron chi connectivity index (χ4n) is 1.36. The quantitative estimate of drug-likeness (QED) is 0.269. The number of nitrogens with zero attached hydrogens (tertiary/aromatic N) is 1. The third-order valence-electron chi connectivity index (χ3n) is 2.32. The summed E-state index contributed by atoms with van der Waals surface area (Å²) < 4.78 is 0. The van der Waals surface area contributed by atoms with Gasteiger partial charge in [0.25, 0.3) is 0 Å². The summed E-state index contributed by atoms with van der Waals surface area (Å²) in [6.07, 6.45) is 1.20. The first kappa shape index (κ1) is 8.53. The van der Waals surface area contributed by atoms with E-state index in [-0.39, 0.29) is 0 Å². The smallest absolute Gasteiger partial charge is 0.114 e.